The Labute approximate surface area is 110 Å². The third kappa shape index (κ3) is 3.26. The van der Waals surface area contributed by atoms with Crippen LogP contribution in [0.5, 0.6) is 5.75 Å². The Morgan fingerprint density at radius 3 is 2.17 bits per heavy atom. The van der Waals surface area contributed by atoms with Crippen molar-refractivity contribution in [2.45, 2.75) is 6.61 Å². The Balaban J connectivity index is 2.11. The molecule has 5 heteroatoms. The van der Waals surface area contributed by atoms with Crippen LogP contribution in [0, 0.1) is 17.5 Å². The highest BCUT2D eigenvalue weighted by Gasteiger charge is 2.05. The topological polar surface area (TPSA) is 9.23 Å². The van der Waals surface area contributed by atoms with Crippen LogP contribution >= 0.6 is 15.9 Å². The van der Waals surface area contributed by atoms with Crippen LogP contribution in [0.4, 0.5) is 13.2 Å². The number of hydrogen-bond donors (Lipinski definition) is 0. The lowest BCUT2D eigenvalue weighted by Crippen LogP contribution is -1.97. The summed E-state index contributed by atoms with van der Waals surface area (Å²) in [5.41, 5.74) is 0.682. The molecule has 0 bridgehead atoms. The molecule has 0 fully saturated rings. The molecule has 0 aliphatic carbocycles. The van der Waals surface area contributed by atoms with Crippen molar-refractivity contribution in [1.29, 1.82) is 0 Å². The molecule has 94 valence electrons. The zero-order valence-electron chi connectivity index (χ0n) is 9.09. The summed E-state index contributed by atoms with van der Waals surface area (Å²) in [6.45, 7) is 0.0871. The molecule has 0 saturated heterocycles. The standard InChI is InChI=1S/C13H8BrF3O/c14-13-6-9(15)2-1-8(13)7-18-12-4-10(16)3-11(17)5-12/h1-6H,7H2. The molecule has 1 nitrogen and oxygen atoms in total. The molecule has 0 aromatic heterocycles. The molecule has 0 saturated carbocycles. The fraction of sp³-hybridized carbons (Fsp3) is 0.0769. The van der Waals surface area contributed by atoms with E-state index in [1.807, 2.05) is 0 Å². The minimum absolute atomic E-state index is 0.0868. The maximum absolute atomic E-state index is 12.9. The number of ether oxygens (including phenoxy) is 1. The molecule has 18 heavy (non-hydrogen) atoms. The fourth-order valence-corrected chi connectivity index (χ4v) is 1.88. The van der Waals surface area contributed by atoms with E-state index >= 15 is 0 Å². The van der Waals surface area contributed by atoms with Gasteiger partial charge in [-0.05, 0) is 12.1 Å². The van der Waals surface area contributed by atoms with E-state index in [1.54, 1.807) is 0 Å². The van der Waals surface area contributed by atoms with Gasteiger partial charge in [0.1, 0.15) is 29.8 Å². The molecular formula is C13H8BrF3O. The zero-order chi connectivity index (χ0) is 13.1. The summed E-state index contributed by atoms with van der Waals surface area (Å²) in [5.74, 6) is -1.70. The van der Waals surface area contributed by atoms with Gasteiger partial charge in [0.15, 0.2) is 0 Å². The van der Waals surface area contributed by atoms with E-state index < -0.39 is 11.6 Å². The molecule has 0 aliphatic rings. The third-order valence-electron chi connectivity index (χ3n) is 2.25. The molecule has 0 aliphatic heterocycles. The smallest absolute Gasteiger partial charge is 0.129 e. The Morgan fingerprint density at radius 2 is 1.56 bits per heavy atom. The first-order valence-electron chi connectivity index (χ1n) is 5.07. The summed E-state index contributed by atoms with van der Waals surface area (Å²) < 4.78 is 44.4. The normalized spacial score (nSPS) is 10.4. The average Bonchev–Trinajstić information content (AvgIpc) is 2.26. The summed E-state index contributed by atoms with van der Waals surface area (Å²) >= 11 is 3.18. The predicted molar refractivity (Wildman–Crippen MR) is 64.8 cm³/mol. The third-order valence-corrected chi connectivity index (χ3v) is 2.98. The van der Waals surface area contributed by atoms with Crippen LogP contribution in [0.1, 0.15) is 5.56 Å². The number of hydrogen-bond acceptors (Lipinski definition) is 1. The van der Waals surface area contributed by atoms with Gasteiger partial charge in [-0.25, -0.2) is 13.2 Å². The first-order chi connectivity index (χ1) is 8.54. The Bertz CT molecular complexity index is 552. The molecule has 0 heterocycles. The van der Waals surface area contributed by atoms with Crippen molar-refractivity contribution in [3.05, 3.63) is 63.9 Å². The van der Waals surface area contributed by atoms with Gasteiger partial charge >= 0.3 is 0 Å². The molecule has 0 radical (unpaired) electrons. The monoisotopic (exact) mass is 316 g/mol. The van der Waals surface area contributed by atoms with Gasteiger partial charge in [0.2, 0.25) is 0 Å². The minimum atomic E-state index is -0.705. The number of halogens is 4. The molecule has 0 spiro atoms. The van der Waals surface area contributed by atoms with E-state index in [-0.39, 0.29) is 18.2 Å². The maximum atomic E-state index is 12.9. The lowest BCUT2D eigenvalue weighted by molar-refractivity contribution is 0.302. The van der Waals surface area contributed by atoms with Crippen LogP contribution in [0.15, 0.2) is 40.9 Å². The van der Waals surface area contributed by atoms with Crippen molar-refractivity contribution in [3.63, 3.8) is 0 Å². The largest absolute Gasteiger partial charge is 0.489 e. The van der Waals surface area contributed by atoms with Crippen molar-refractivity contribution in [2.24, 2.45) is 0 Å². The molecule has 0 atom stereocenters. The van der Waals surface area contributed by atoms with E-state index in [4.69, 9.17) is 4.74 Å². The second-order valence-corrected chi connectivity index (χ2v) is 4.48. The van der Waals surface area contributed by atoms with Gasteiger partial charge in [-0.3, -0.25) is 0 Å². The lowest BCUT2D eigenvalue weighted by Gasteiger charge is -2.08. The quantitative estimate of drug-likeness (QED) is 0.813. The van der Waals surface area contributed by atoms with Crippen molar-refractivity contribution >= 4 is 15.9 Å². The molecular weight excluding hydrogens is 309 g/mol. The molecule has 2 rings (SSSR count). The highest BCUT2D eigenvalue weighted by atomic mass is 79.9. The summed E-state index contributed by atoms with van der Waals surface area (Å²) in [7, 11) is 0. The van der Waals surface area contributed by atoms with Crippen LogP contribution < -0.4 is 4.74 Å². The Kier molecular flexibility index (Phi) is 3.91. The van der Waals surface area contributed by atoms with Gasteiger partial charge < -0.3 is 4.74 Å². The van der Waals surface area contributed by atoms with Gasteiger partial charge in [0.05, 0.1) is 0 Å². The van der Waals surface area contributed by atoms with E-state index in [9.17, 15) is 13.2 Å². The summed E-state index contributed by atoms with van der Waals surface area (Å²) in [6.07, 6.45) is 0. The van der Waals surface area contributed by atoms with Crippen LogP contribution in [0.2, 0.25) is 0 Å². The van der Waals surface area contributed by atoms with Crippen molar-refractivity contribution in [1.82, 2.24) is 0 Å². The van der Waals surface area contributed by atoms with E-state index in [2.05, 4.69) is 15.9 Å². The highest BCUT2D eigenvalue weighted by molar-refractivity contribution is 9.10. The van der Waals surface area contributed by atoms with Crippen molar-refractivity contribution in [2.75, 3.05) is 0 Å². The van der Waals surface area contributed by atoms with Gasteiger partial charge in [-0.2, -0.15) is 0 Å². The van der Waals surface area contributed by atoms with E-state index in [0.717, 1.165) is 18.2 Å². The van der Waals surface area contributed by atoms with Crippen molar-refractivity contribution in [3.8, 4) is 5.75 Å². The molecule has 2 aromatic rings. The van der Waals surface area contributed by atoms with Crippen LogP contribution in [0.25, 0.3) is 0 Å². The molecule has 0 unspecified atom stereocenters. The predicted octanol–water partition coefficient (Wildman–Crippen LogP) is 4.45. The van der Waals surface area contributed by atoms with Gasteiger partial charge in [-0.15, -0.1) is 0 Å². The molecule has 2 aromatic carbocycles. The molecule has 0 amide bonds. The summed E-state index contributed by atoms with van der Waals surface area (Å²) in [6, 6.07) is 7.05. The van der Waals surface area contributed by atoms with Gasteiger partial charge in [0.25, 0.3) is 0 Å². The maximum Gasteiger partial charge on any atom is 0.129 e. The summed E-state index contributed by atoms with van der Waals surface area (Å²) in [5, 5.41) is 0. The SMILES string of the molecule is Fc1cc(F)cc(OCc2ccc(F)cc2Br)c1. The average molecular weight is 317 g/mol. The van der Waals surface area contributed by atoms with Crippen LogP contribution in [-0.4, -0.2) is 0 Å². The first kappa shape index (κ1) is 13.0. The number of benzene rings is 2. The van der Waals surface area contributed by atoms with Crippen LogP contribution in [0.3, 0.4) is 0 Å². The second kappa shape index (κ2) is 5.44. The first-order valence-corrected chi connectivity index (χ1v) is 5.87. The fourth-order valence-electron chi connectivity index (χ4n) is 1.41. The van der Waals surface area contributed by atoms with Crippen LogP contribution in [-0.2, 0) is 6.61 Å². The number of rotatable bonds is 3. The summed E-state index contributed by atoms with van der Waals surface area (Å²) in [4.78, 5) is 0. The van der Waals surface area contributed by atoms with Gasteiger partial charge in [-0.1, -0.05) is 22.0 Å². The highest BCUT2D eigenvalue weighted by Crippen LogP contribution is 2.21. The lowest BCUT2D eigenvalue weighted by atomic mass is 10.2. The van der Waals surface area contributed by atoms with E-state index in [0.29, 0.717) is 10.0 Å². The zero-order valence-corrected chi connectivity index (χ0v) is 10.7. The molecule has 0 N–H and O–H groups in total. The van der Waals surface area contributed by atoms with Crippen molar-refractivity contribution < 1.29 is 17.9 Å². The minimum Gasteiger partial charge on any atom is -0.489 e. The van der Waals surface area contributed by atoms with E-state index in [1.165, 1.54) is 18.2 Å². The van der Waals surface area contributed by atoms with Gasteiger partial charge in [0, 0.05) is 28.2 Å². The Morgan fingerprint density at radius 1 is 0.889 bits per heavy atom. The second-order valence-electron chi connectivity index (χ2n) is 3.63. The Hall–Kier alpha value is -1.49.